The second-order valence-corrected chi connectivity index (χ2v) is 6.41. The Morgan fingerprint density at radius 3 is 2.79 bits per heavy atom. The van der Waals surface area contributed by atoms with Crippen LogP contribution in [0, 0.1) is 11.7 Å². The van der Waals surface area contributed by atoms with E-state index in [2.05, 4.69) is 15.7 Å². The number of hydrogen-bond acceptors (Lipinski definition) is 4. The Morgan fingerprint density at radius 2 is 2.12 bits per heavy atom. The molecule has 1 aliphatic carbocycles. The molecule has 128 valence electrons. The van der Waals surface area contributed by atoms with Crippen molar-refractivity contribution in [2.45, 2.75) is 38.9 Å². The van der Waals surface area contributed by atoms with Crippen molar-refractivity contribution in [2.75, 3.05) is 0 Å². The van der Waals surface area contributed by atoms with E-state index in [1.807, 2.05) is 0 Å². The lowest BCUT2D eigenvalue weighted by Crippen LogP contribution is -2.35. The third-order valence-corrected chi connectivity index (χ3v) is 4.25. The minimum Gasteiger partial charge on any atom is -0.348 e. The molecular formula is C15H17ClFN5O2. The SMILES string of the molecule is C[C@H](NC(=O)Cn1nnn(CC2CC2)c1=O)c1ccc(Cl)c(F)c1. The van der Waals surface area contributed by atoms with E-state index in [0.29, 0.717) is 18.0 Å². The molecule has 3 rings (SSSR count). The van der Waals surface area contributed by atoms with E-state index in [0.717, 1.165) is 17.5 Å². The highest BCUT2D eigenvalue weighted by Gasteiger charge is 2.24. The molecule has 1 saturated carbocycles. The smallest absolute Gasteiger partial charge is 0.348 e. The van der Waals surface area contributed by atoms with Crippen molar-refractivity contribution in [1.29, 1.82) is 0 Å². The average Bonchev–Trinajstić information content (AvgIpc) is 3.29. The lowest BCUT2D eigenvalue weighted by atomic mass is 10.1. The molecule has 1 amide bonds. The van der Waals surface area contributed by atoms with Crippen LogP contribution < -0.4 is 11.0 Å². The van der Waals surface area contributed by atoms with E-state index in [9.17, 15) is 14.0 Å². The van der Waals surface area contributed by atoms with Crippen molar-refractivity contribution in [2.24, 2.45) is 5.92 Å². The normalized spacial score (nSPS) is 15.3. The summed E-state index contributed by atoms with van der Waals surface area (Å²) in [5.41, 5.74) is 0.178. The molecule has 1 heterocycles. The van der Waals surface area contributed by atoms with E-state index in [1.165, 1.54) is 16.8 Å². The maximum absolute atomic E-state index is 13.5. The second-order valence-electron chi connectivity index (χ2n) is 6.01. The summed E-state index contributed by atoms with van der Waals surface area (Å²) in [5, 5.41) is 10.2. The van der Waals surface area contributed by atoms with E-state index >= 15 is 0 Å². The average molecular weight is 354 g/mol. The van der Waals surface area contributed by atoms with Gasteiger partial charge in [-0.05, 0) is 53.8 Å². The van der Waals surface area contributed by atoms with Gasteiger partial charge in [0.15, 0.2) is 0 Å². The van der Waals surface area contributed by atoms with Crippen LogP contribution in [-0.2, 0) is 17.9 Å². The molecule has 1 atom stereocenters. The zero-order chi connectivity index (χ0) is 17.3. The summed E-state index contributed by atoms with van der Waals surface area (Å²) in [7, 11) is 0. The Hall–Kier alpha value is -2.22. The first-order chi connectivity index (χ1) is 11.4. The zero-order valence-corrected chi connectivity index (χ0v) is 13.8. The van der Waals surface area contributed by atoms with Gasteiger partial charge in [-0.2, -0.15) is 9.36 Å². The number of aromatic nitrogens is 4. The number of halogens is 2. The molecule has 1 N–H and O–H groups in total. The van der Waals surface area contributed by atoms with Gasteiger partial charge in [0.1, 0.15) is 12.4 Å². The molecule has 2 aromatic rings. The van der Waals surface area contributed by atoms with E-state index in [-0.39, 0.29) is 11.6 Å². The fraction of sp³-hybridized carbons (Fsp3) is 0.467. The van der Waals surface area contributed by atoms with Gasteiger partial charge in [0.25, 0.3) is 0 Å². The van der Waals surface area contributed by atoms with Crippen LogP contribution in [0.4, 0.5) is 4.39 Å². The van der Waals surface area contributed by atoms with Gasteiger partial charge in [0.2, 0.25) is 5.91 Å². The Morgan fingerprint density at radius 1 is 1.42 bits per heavy atom. The molecule has 0 saturated heterocycles. The summed E-state index contributed by atoms with van der Waals surface area (Å²) in [6.45, 7) is 2.03. The maximum Gasteiger partial charge on any atom is 0.364 e. The standard InChI is InChI=1S/C15H17ClFN5O2/c1-9(11-4-5-12(16)13(17)6-11)18-14(23)8-22-15(24)21(19-20-22)7-10-2-3-10/h4-6,9-10H,2-3,7-8H2,1H3,(H,18,23)/t9-/m0/s1. The molecular weight excluding hydrogens is 337 g/mol. The molecule has 24 heavy (non-hydrogen) atoms. The van der Waals surface area contributed by atoms with Crippen LogP contribution in [0.2, 0.25) is 5.02 Å². The molecule has 0 spiro atoms. The van der Waals surface area contributed by atoms with Gasteiger partial charge in [0.05, 0.1) is 17.6 Å². The van der Waals surface area contributed by atoms with Crippen LogP contribution in [0.25, 0.3) is 0 Å². The summed E-state index contributed by atoms with van der Waals surface area (Å²) in [4.78, 5) is 24.1. The summed E-state index contributed by atoms with van der Waals surface area (Å²) in [6, 6.07) is 3.91. The Labute approximate surface area is 142 Å². The molecule has 1 aliphatic rings. The Bertz CT molecular complexity index is 814. The van der Waals surface area contributed by atoms with Crippen molar-refractivity contribution in [3.63, 3.8) is 0 Å². The third-order valence-electron chi connectivity index (χ3n) is 3.94. The summed E-state index contributed by atoms with van der Waals surface area (Å²) < 4.78 is 15.8. The fourth-order valence-corrected chi connectivity index (χ4v) is 2.47. The number of rotatable bonds is 6. The third kappa shape index (κ3) is 3.81. The first-order valence-corrected chi connectivity index (χ1v) is 8.06. The van der Waals surface area contributed by atoms with Crippen LogP contribution in [0.3, 0.4) is 0 Å². The highest BCUT2D eigenvalue weighted by atomic mass is 35.5. The molecule has 0 aliphatic heterocycles. The topological polar surface area (TPSA) is 81.8 Å². The predicted octanol–water partition coefficient (Wildman–Crippen LogP) is 1.52. The number of carbonyl (C=O) groups excluding carboxylic acids is 1. The van der Waals surface area contributed by atoms with Crippen molar-refractivity contribution < 1.29 is 9.18 Å². The lowest BCUT2D eigenvalue weighted by molar-refractivity contribution is -0.122. The van der Waals surface area contributed by atoms with Crippen molar-refractivity contribution in [3.8, 4) is 0 Å². The molecule has 0 radical (unpaired) electrons. The molecule has 7 nitrogen and oxygen atoms in total. The van der Waals surface area contributed by atoms with Crippen LogP contribution in [0.5, 0.6) is 0 Å². The van der Waals surface area contributed by atoms with Gasteiger partial charge in [-0.3, -0.25) is 4.79 Å². The fourth-order valence-electron chi connectivity index (χ4n) is 2.35. The predicted molar refractivity (Wildman–Crippen MR) is 85.0 cm³/mol. The molecule has 9 heteroatoms. The first kappa shape index (κ1) is 16.6. The minimum atomic E-state index is -0.547. The Balaban J connectivity index is 1.61. The number of nitrogens with one attached hydrogen (secondary N) is 1. The van der Waals surface area contributed by atoms with Crippen molar-refractivity contribution in [1.82, 2.24) is 25.1 Å². The lowest BCUT2D eigenvalue weighted by Gasteiger charge is -2.14. The zero-order valence-electron chi connectivity index (χ0n) is 13.1. The number of tetrazole rings is 1. The maximum atomic E-state index is 13.5. The van der Waals surface area contributed by atoms with Crippen molar-refractivity contribution >= 4 is 17.5 Å². The highest BCUT2D eigenvalue weighted by Crippen LogP contribution is 2.29. The summed E-state index contributed by atoms with van der Waals surface area (Å²) in [6.07, 6.45) is 2.18. The van der Waals surface area contributed by atoms with Gasteiger partial charge in [0, 0.05) is 0 Å². The van der Waals surface area contributed by atoms with Crippen LogP contribution in [-0.4, -0.2) is 25.7 Å². The molecule has 1 aromatic carbocycles. The molecule has 1 aromatic heterocycles. The van der Waals surface area contributed by atoms with E-state index in [4.69, 9.17) is 11.6 Å². The van der Waals surface area contributed by atoms with Gasteiger partial charge in [-0.1, -0.05) is 17.7 Å². The number of amides is 1. The summed E-state index contributed by atoms with van der Waals surface area (Å²) in [5.74, 6) is -0.463. The van der Waals surface area contributed by atoms with Gasteiger partial charge >= 0.3 is 5.69 Å². The van der Waals surface area contributed by atoms with Gasteiger partial charge in [-0.25, -0.2) is 9.18 Å². The number of carbonyl (C=O) groups is 1. The highest BCUT2D eigenvalue weighted by molar-refractivity contribution is 6.30. The number of hydrogen-bond donors (Lipinski definition) is 1. The second kappa shape index (κ2) is 6.72. The summed E-state index contributed by atoms with van der Waals surface area (Å²) >= 11 is 5.64. The minimum absolute atomic E-state index is 0.0242. The van der Waals surface area contributed by atoms with Gasteiger partial charge < -0.3 is 5.32 Å². The number of nitrogens with zero attached hydrogens (tertiary/aromatic N) is 4. The quantitative estimate of drug-likeness (QED) is 0.853. The first-order valence-electron chi connectivity index (χ1n) is 7.69. The monoisotopic (exact) mass is 353 g/mol. The van der Waals surface area contributed by atoms with Crippen molar-refractivity contribution in [3.05, 3.63) is 45.1 Å². The molecule has 1 fully saturated rings. The largest absolute Gasteiger partial charge is 0.364 e. The molecule has 0 unspecified atom stereocenters. The van der Waals surface area contributed by atoms with Crippen LogP contribution in [0.15, 0.2) is 23.0 Å². The van der Waals surface area contributed by atoms with Crippen LogP contribution >= 0.6 is 11.6 Å². The number of benzene rings is 1. The van der Waals surface area contributed by atoms with E-state index in [1.54, 1.807) is 13.0 Å². The Kier molecular flexibility index (Phi) is 4.66. The van der Waals surface area contributed by atoms with E-state index < -0.39 is 23.5 Å². The van der Waals surface area contributed by atoms with Crippen LogP contribution in [0.1, 0.15) is 31.4 Å². The van der Waals surface area contributed by atoms with Gasteiger partial charge in [-0.15, -0.1) is 0 Å². The molecule has 0 bridgehead atoms.